The maximum absolute atomic E-state index is 11.9. The summed E-state index contributed by atoms with van der Waals surface area (Å²) in [5, 5.41) is 0. The first kappa shape index (κ1) is 12.2. The van der Waals surface area contributed by atoms with Crippen molar-refractivity contribution in [3.8, 4) is 5.75 Å². The minimum absolute atomic E-state index is 0.0904. The van der Waals surface area contributed by atoms with E-state index in [9.17, 15) is 8.78 Å². The molecule has 1 nitrogen and oxygen atoms in total. The molecule has 0 aromatic heterocycles. The molecule has 0 aliphatic heterocycles. The summed E-state index contributed by atoms with van der Waals surface area (Å²) >= 11 is 12.1. The average Bonchev–Trinajstić information content (AvgIpc) is 2.01. The van der Waals surface area contributed by atoms with Crippen LogP contribution in [0, 0.1) is 0 Å². The fraction of sp³-hybridized carbons (Fsp3) is 0.250. The topological polar surface area (TPSA) is 9.23 Å². The van der Waals surface area contributed by atoms with Crippen molar-refractivity contribution in [2.24, 2.45) is 0 Å². The van der Waals surface area contributed by atoms with Crippen molar-refractivity contribution in [2.45, 2.75) is 12.5 Å². The molecular formula is C8H5Br2ClF2O. The van der Waals surface area contributed by atoms with E-state index < -0.39 is 6.61 Å². The molecule has 0 heterocycles. The quantitative estimate of drug-likeness (QED) is 0.727. The normalized spacial score (nSPS) is 10.7. The molecule has 0 bridgehead atoms. The number of alkyl halides is 3. The zero-order valence-electron chi connectivity index (χ0n) is 6.74. The zero-order chi connectivity index (χ0) is 10.7. The predicted octanol–water partition coefficient (Wildman–Crippen LogP) is 4.55. The van der Waals surface area contributed by atoms with Crippen molar-refractivity contribution < 1.29 is 13.5 Å². The number of halogens is 5. The fourth-order valence-electron chi connectivity index (χ4n) is 0.878. The van der Waals surface area contributed by atoms with Gasteiger partial charge in [0.05, 0.1) is 0 Å². The monoisotopic (exact) mass is 348 g/mol. The van der Waals surface area contributed by atoms with Gasteiger partial charge in [0.15, 0.2) is 0 Å². The van der Waals surface area contributed by atoms with E-state index in [0.717, 1.165) is 5.56 Å². The molecular weight excluding hydrogens is 345 g/mol. The Labute approximate surface area is 102 Å². The summed E-state index contributed by atoms with van der Waals surface area (Å²) in [5.41, 5.74) is 0.799. The summed E-state index contributed by atoms with van der Waals surface area (Å²) in [5.74, 6) is 0.378. The molecule has 0 atom stereocenters. The summed E-state index contributed by atoms with van der Waals surface area (Å²) < 4.78 is 29.3. The molecule has 1 aromatic carbocycles. The molecule has 0 N–H and O–H groups in total. The molecule has 0 aliphatic rings. The van der Waals surface area contributed by atoms with Crippen molar-refractivity contribution in [3.63, 3.8) is 0 Å². The van der Waals surface area contributed by atoms with Crippen LogP contribution in [0.1, 0.15) is 5.56 Å². The number of ether oxygens (including phenoxy) is 1. The van der Waals surface area contributed by atoms with Crippen LogP contribution in [0.4, 0.5) is 8.78 Å². The Bertz CT molecular complexity index is 310. The van der Waals surface area contributed by atoms with Gasteiger partial charge < -0.3 is 4.74 Å². The van der Waals surface area contributed by atoms with E-state index >= 15 is 0 Å². The van der Waals surface area contributed by atoms with Crippen LogP contribution in [-0.2, 0) is 5.88 Å². The maximum Gasteiger partial charge on any atom is 0.387 e. The number of hydrogen-bond acceptors (Lipinski definition) is 1. The lowest BCUT2D eigenvalue weighted by molar-refractivity contribution is -0.0499. The molecule has 0 saturated heterocycles. The number of rotatable bonds is 3. The second-order valence-corrected chi connectivity index (χ2v) is 4.35. The second-order valence-electron chi connectivity index (χ2n) is 2.38. The molecule has 0 amide bonds. The van der Waals surface area contributed by atoms with E-state index in [1.807, 2.05) is 0 Å². The lowest BCUT2D eigenvalue weighted by Crippen LogP contribution is -2.02. The molecule has 78 valence electrons. The average molecular weight is 350 g/mol. The highest BCUT2D eigenvalue weighted by Crippen LogP contribution is 2.32. The first-order chi connectivity index (χ1) is 6.54. The van der Waals surface area contributed by atoms with Gasteiger partial charge in [-0.25, -0.2) is 0 Å². The third-order valence-electron chi connectivity index (χ3n) is 1.47. The molecule has 1 rings (SSSR count). The van der Waals surface area contributed by atoms with E-state index in [1.165, 1.54) is 12.1 Å². The van der Waals surface area contributed by atoms with Gasteiger partial charge >= 0.3 is 6.61 Å². The van der Waals surface area contributed by atoms with Crippen LogP contribution in [0.5, 0.6) is 5.75 Å². The highest BCUT2D eigenvalue weighted by Gasteiger charge is 2.10. The zero-order valence-corrected chi connectivity index (χ0v) is 10.7. The summed E-state index contributed by atoms with van der Waals surface area (Å²) in [6.45, 7) is -2.82. The Morgan fingerprint density at radius 1 is 1.29 bits per heavy atom. The van der Waals surface area contributed by atoms with Crippen LogP contribution < -0.4 is 4.74 Å². The summed E-state index contributed by atoms with van der Waals surface area (Å²) in [4.78, 5) is 0. The Hall–Kier alpha value is 0.130. The van der Waals surface area contributed by atoms with E-state index in [4.69, 9.17) is 11.6 Å². The van der Waals surface area contributed by atoms with E-state index in [2.05, 4.69) is 36.6 Å². The molecule has 0 saturated carbocycles. The summed E-state index contributed by atoms with van der Waals surface area (Å²) in [6, 6.07) is 2.91. The van der Waals surface area contributed by atoms with Crippen molar-refractivity contribution in [1.29, 1.82) is 0 Å². The SMILES string of the molecule is FC(F)Oc1cc(Br)c(CCl)c(Br)c1. The van der Waals surface area contributed by atoms with Gasteiger partial charge in [-0.15, -0.1) is 11.6 Å². The van der Waals surface area contributed by atoms with Crippen LogP contribution in [0.25, 0.3) is 0 Å². The van der Waals surface area contributed by atoms with E-state index in [-0.39, 0.29) is 11.6 Å². The molecule has 0 unspecified atom stereocenters. The Morgan fingerprint density at radius 3 is 2.14 bits per heavy atom. The van der Waals surface area contributed by atoms with Crippen LogP contribution in [0.2, 0.25) is 0 Å². The third-order valence-corrected chi connectivity index (χ3v) is 3.16. The molecule has 0 spiro atoms. The minimum Gasteiger partial charge on any atom is -0.435 e. The van der Waals surface area contributed by atoms with Crippen molar-refractivity contribution in [1.82, 2.24) is 0 Å². The largest absolute Gasteiger partial charge is 0.435 e. The summed E-state index contributed by atoms with van der Waals surface area (Å²) in [6.07, 6.45) is 0. The molecule has 0 fully saturated rings. The molecule has 14 heavy (non-hydrogen) atoms. The minimum atomic E-state index is -2.82. The fourth-order valence-corrected chi connectivity index (χ4v) is 2.91. The van der Waals surface area contributed by atoms with Crippen LogP contribution in [0.3, 0.4) is 0 Å². The summed E-state index contributed by atoms with van der Waals surface area (Å²) in [7, 11) is 0. The standard InChI is InChI=1S/C8H5Br2ClF2O/c9-6-1-4(14-8(12)13)2-7(10)5(6)3-11/h1-2,8H,3H2. The van der Waals surface area contributed by atoms with Gasteiger partial charge in [0.25, 0.3) is 0 Å². The van der Waals surface area contributed by atoms with Gasteiger partial charge in [-0.2, -0.15) is 8.78 Å². The molecule has 0 radical (unpaired) electrons. The highest BCUT2D eigenvalue weighted by molar-refractivity contribution is 9.11. The molecule has 0 aliphatic carbocycles. The van der Waals surface area contributed by atoms with Gasteiger partial charge in [0.2, 0.25) is 0 Å². The van der Waals surface area contributed by atoms with E-state index in [1.54, 1.807) is 0 Å². The van der Waals surface area contributed by atoms with Crippen LogP contribution in [-0.4, -0.2) is 6.61 Å². The van der Waals surface area contributed by atoms with Crippen molar-refractivity contribution >= 4 is 43.5 Å². The maximum atomic E-state index is 11.9. The smallest absolute Gasteiger partial charge is 0.387 e. The van der Waals surface area contributed by atoms with Gasteiger partial charge in [0.1, 0.15) is 5.75 Å². The predicted molar refractivity (Wildman–Crippen MR) is 58.0 cm³/mol. The molecule has 1 aromatic rings. The van der Waals surface area contributed by atoms with Crippen molar-refractivity contribution in [3.05, 3.63) is 26.6 Å². The lowest BCUT2D eigenvalue weighted by Gasteiger charge is -2.08. The first-order valence-corrected chi connectivity index (χ1v) is 5.65. The first-order valence-electron chi connectivity index (χ1n) is 3.53. The molecule has 6 heteroatoms. The number of hydrogen-bond donors (Lipinski definition) is 0. The number of benzene rings is 1. The Morgan fingerprint density at radius 2 is 1.79 bits per heavy atom. The van der Waals surface area contributed by atoms with Gasteiger partial charge in [-0.05, 0) is 17.7 Å². The van der Waals surface area contributed by atoms with Gasteiger partial charge in [-0.3, -0.25) is 0 Å². The van der Waals surface area contributed by atoms with Gasteiger partial charge in [-0.1, -0.05) is 31.9 Å². The van der Waals surface area contributed by atoms with Gasteiger partial charge in [0, 0.05) is 14.8 Å². The second kappa shape index (κ2) is 5.28. The van der Waals surface area contributed by atoms with Crippen molar-refractivity contribution in [2.75, 3.05) is 0 Å². The lowest BCUT2D eigenvalue weighted by atomic mass is 10.2. The third kappa shape index (κ3) is 3.07. The Kier molecular flexibility index (Phi) is 4.60. The Balaban J connectivity index is 3.01. The van der Waals surface area contributed by atoms with Crippen LogP contribution in [0.15, 0.2) is 21.1 Å². The highest BCUT2D eigenvalue weighted by atomic mass is 79.9. The van der Waals surface area contributed by atoms with Crippen LogP contribution >= 0.6 is 43.5 Å². The van der Waals surface area contributed by atoms with E-state index in [0.29, 0.717) is 8.95 Å².